The van der Waals surface area contributed by atoms with Gasteiger partial charge in [0.1, 0.15) is 0 Å². The molecular weight excluding hydrogens is 246 g/mol. The third kappa shape index (κ3) is 3.37. The first-order valence-corrected chi connectivity index (χ1v) is 8.92. The Balaban J connectivity index is 1.53. The minimum absolute atomic E-state index is 0.462. The maximum atomic E-state index is 6.42. The van der Waals surface area contributed by atoms with Crippen molar-refractivity contribution in [1.29, 1.82) is 0 Å². The molecule has 3 nitrogen and oxygen atoms in total. The second kappa shape index (κ2) is 6.76. The first-order valence-electron chi connectivity index (χ1n) is 8.92. The summed E-state index contributed by atoms with van der Waals surface area (Å²) in [6.45, 7) is 5.22. The quantitative estimate of drug-likeness (QED) is 0.787. The standard InChI is InChI=1S/C17H33N3/c1-19-10-5-7-15-13-20(11-9-17(15)19)12-14-6-3-2-4-8-16(14)18/h14-17H,2-13,18H2,1H3. The van der Waals surface area contributed by atoms with E-state index < -0.39 is 0 Å². The molecule has 0 aromatic carbocycles. The van der Waals surface area contributed by atoms with E-state index in [1.54, 1.807) is 0 Å². The van der Waals surface area contributed by atoms with E-state index in [1.807, 2.05) is 0 Å². The number of rotatable bonds is 2. The molecule has 1 aliphatic carbocycles. The number of piperidine rings is 2. The maximum Gasteiger partial charge on any atom is 0.0145 e. The number of nitrogens with two attached hydrogens (primary N) is 1. The highest BCUT2D eigenvalue weighted by atomic mass is 15.2. The number of likely N-dealkylation sites (tertiary alicyclic amines) is 2. The Hall–Kier alpha value is -0.120. The van der Waals surface area contributed by atoms with Crippen LogP contribution in [0, 0.1) is 11.8 Å². The summed E-state index contributed by atoms with van der Waals surface area (Å²) in [5.74, 6) is 1.68. The lowest BCUT2D eigenvalue weighted by molar-refractivity contribution is 0.0302. The summed E-state index contributed by atoms with van der Waals surface area (Å²) in [5, 5.41) is 0. The van der Waals surface area contributed by atoms with Crippen molar-refractivity contribution in [3.63, 3.8) is 0 Å². The predicted octanol–water partition coefficient (Wildman–Crippen LogP) is 2.31. The van der Waals surface area contributed by atoms with Crippen LogP contribution in [-0.4, -0.2) is 55.1 Å². The van der Waals surface area contributed by atoms with Gasteiger partial charge in [0.2, 0.25) is 0 Å². The average molecular weight is 279 g/mol. The molecule has 2 aliphatic heterocycles. The molecule has 3 heteroatoms. The van der Waals surface area contributed by atoms with Crippen molar-refractivity contribution < 1.29 is 0 Å². The lowest BCUT2D eigenvalue weighted by atomic mass is 9.83. The van der Waals surface area contributed by atoms with Gasteiger partial charge in [-0.25, -0.2) is 0 Å². The molecule has 3 fully saturated rings. The highest BCUT2D eigenvalue weighted by Crippen LogP contribution is 2.31. The van der Waals surface area contributed by atoms with Crippen molar-refractivity contribution >= 4 is 0 Å². The predicted molar refractivity (Wildman–Crippen MR) is 84.7 cm³/mol. The Morgan fingerprint density at radius 2 is 1.80 bits per heavy atom. The van der Waals surface area contributed by atoms with Crippen LogP contribution in [0.15, 0.2) is 0 Å². The van der Waals surface area contributed by atoms with Gasteiger partial charge in [-0.05, 0) is 64.1 Å². The van der Waals surface area contributed by atoms with Crippen LogP contribution in [0.5, 0.6) is 0 Å². The molecule has 0 bridgehead atoms. The van der Waals surface area contributed by atoms with Crippen LogP contribution in [0.3, 0.4) is 0 Å². The Kier molecular flexibility index (Phi) is 5.00. The monoisotopic (exact) mass is 279 g/mol. The Labute approximate surface area is 124 Å². The Bertz CT molecular complexity index is 307. The zero-order valence-corrected chi connectivity index (χ0v) is 13.3. The zero-order valence-electron chi connectivity index (χ0n) is 13.3. The first kappa shape index (κ1) is 14.8. The lowest BCUT2D eigenvalue weighted by Crippen LogP contribution is -2.54. The molecule has 0 spiro atoms. The van der Waals surface area contributed by atoms with Crippen LogP contribution in [0.1, 0.15) is 51.4 Å². The van der Waals surface area contributed by atoms with E-state index in [4.69, 9.17) is 5.73 Å². The summed E-state index contributed by atoms with van der Waals surface area (Å²) in [7, 11) is 2.33. The van der Waals surface area contributed by atoms with Gasteiger partial charge in [-0.2, -0.15) is 0 Å². The van der Waals surface area contributed by atoms with E-state index >= 15 is 0 Å². The molecule has 0 radical (unpaired) electrons. The Morgan fingerprint density at radius 3 is 2.70 bits per heavy atom. The van der Waals surface area contributed by atoms with E-state index in [2.05, 4.69) is 16.8 Å². The summed E-state index contributed by atoms with van der Waals surface area (Å²) >= 11 is 0. The topological polar surface area (TPSA) is 32.5 Å². The van der Waals surface area contributed by atoms with Crippen LogP contribution < -0.4 is 5.73 Å². The molecule has 20 heavy (non-hydrogen) atoms. The molecule has 4 atom stereocenters. The van der Waals surface area contributed by atoms with E-state index in [9.17, 15) is 0 Å². The van der Waals surface area contributed by atoms with Crippen molar-refractivity contribution in [3.8, 4) is 0 Å². The smallest absolute Gasteiger partial charge is 0.0145 e. The first-order chi connectivity index (χ1) is 9.74. The van der Waals surface area contributed by atoms with Crippen LogP contribution >= 0.6 is 0 Å². The molecule has 0 aromatic rings. The number of hydrogen-bond acceptors (Lipinski definition) is 3. The van der Waals surface area contributed by atoms with E-state index in [0.29, 0.717) is 6.04 Å². The van der Waals surface area contributed by atoms with Gasteiger partial charge in [0.25, 0.3) is 0 Å². The second-order valence-electron chi connectivity index (χ2n) is 7.56. The lowest BCUT2D eigenvalue weighted by Gasteiger charge is -2.46. The van der Waals surface area contributed by atoms with Crippen LogP contribution in [-0.2, 0) is 0 Å². The van der Waals surface area contributed by atoms with Gasteiger partial charge in [-0.1, -0.05) is 19.3 Å². The van der Waals surface area contributed by atoms with Crippen molar-refractivity contribution in [1.82, 2.24) is 9.80 Å². The highest BCUT2D eigenvalue weighted by molar-refractivity contribution is 4.90. The molecular formula is C17H33N3. The fraction of sp³-hybridized carbons (Fsp3) is 1.00. The molecule has 2 saturated heterocycles. The third-order valence-corrected chi connectivity index (χ3v) is 6.14. The largest absolute Gasteiger partial charge is 0.327 e. The van der Waals surface area contributed by atoms with Crippen molar-refractivity contribution in [2.75, 3.05) is 33.2 Å². The average Bonchev–Trinajstić information content (AvgIpc) is 2.64. The molecule has 2 N–H and O–H groups in total. The maximum absolute atomic E-state index is 6.42. The van der Waals surface area contributed by atoms with Gasteiger partial charge < -0.3 is 15.5 Å². The van der Waals surface area contributed by atoms with Crippen molar-refractivity contribution in [3.05, 3.63) is 0 Å². The van der Waals surface area contributed by atoms with Gasteiger partial charge in [-0.3, -0.25) is 0 Å². The summed E-state index contributed by atoms with van der Waals surface area (Å²) in [6.07, 6.45) is 11.0. The van der Waals surface area contributed by atoms with Crippen molar-refractivity contribution in [2.45, 2.75) is 63.5 Å². The fourth-order valence-electron chi connectivity index (χ4n) is 4.87. The zero-order chi connectivity index (χ0) is 13.9. The molecule has 2 heterocycles. The highest BCUT2D eigenvalue weighted by Gasteiger charge is 2.35. The molecule has 1 saturated carbocycles. The molecule has 0 amide bonds. The number of hydrogen-bond donors (Lipinski definition) is 1. The van der Waals surface area contributed by atoms with E-state index in [1.165, 1.54) is 77.5 Å². The second-order valence-corrected chi connectivity index (χ2v) is 7.56. The van der Waals surface area contributed by atoms with Gasteiger partial charge in [0, 0.05) is 25.2 Å². The fourth-order valence-corrected chi connectivity index (χ4v) is 4.87. The minimum atomic E-state index is 0.462. The van der Waals surface area contributed by atoms with Crippen LogP contribution in [0.4, 0.5) is 0 Å². The number of fused-ring (bicyclic) bond motifs is 1. The molecule has 3 aliphatic rings. The SMILES string of the molecule is CN1CCCC2CN(CC3CCCCCC3N)CCC21. The normalized spacial score (nSPS) is 41.1. The van der Waals surface area contributed by atoms with Gasteiger partial charge in [-0.15, -0.1) is 0 Å². The van der Waals surface area contributed by atoms with E-state index in [-0.39, 0.29) is 0 Å². The van der Waals surface area contributed by atoms with Crippen molar-refractivity contribution in [2.24, 2.45) is 17.6 Å². The summed E-state index contributed by atoms with van der Waals surface area (Å²) < 4.78 is 0. The molecule has 4 unspecified atom stereocenters. The Morgan fingerprint density at radius 1 is 0.950 bits per heavy atom. The number of nitrogens with zero attached hydrogens (tertiary/aromatic N) is 2. The molecule has 116 valence electrons. The van der Waals surface area contributed by atoms with Crippen LogP contribution in [0.2, 0.25) is 0 Å². The molecule has 0 aromatic heterocycles. The summed E-state index contributed by atoms with van der Waals surface area (Å²) in [4.78, 5) is 5.36. The van der Waals surface area contributed by atoms with Gasteiger partial charge >= 0.3 is 0 Å². The molecule has 3 rings (SSSR count). The van der Waals surface area contributed by atoms with Gasteiger partial charge in [0.05, 0.1) is 0 Å². The summed E-state index contributed by atoms with van der Waals surface area (Å²) in [5.41, 5.74) is 6.42. The third-order valence-electron chi connectivity index (χ3n) is 6.14. The van der Waals surface area contributed by atoms with Gasteiger partial charge in [0.15, 0.2) is 0 Å². The minimum Gasteiger partial charge on any atom is -0.327 e. The van der Waals surface area contributed by atoms with Crippen LogP contribution in [0.25, 0.3) is 0 Å². The summed E-state index contributed by atoms with van der Waals surface area (Å²) in [6, 6.07) is 1.33. The van der Waals surface area contributed by atoms with E-state index in [0.717, 1.165) is 17.9 Å².